The zero-order valence-corrected chi connectivity index (χ0v) is 10.3. The minimum atomic E-state index is -0.0818. The molecular weight excluding hydrogens is 174 g/mol. The Balaban J connectivity index is 2.32. The molecule has 0 aromatic rings. The zero-order chi connectivity index (χ0) is 10.8. The van der Waals surface area contributed by atoms with E-state index in [1.165, 1.54) is 25.7 Å². The van der Waals surface area contributed by atoms with Crippen LogP contribution in [0.25, 0.3) is 0 Å². The highest BCUT2D eigenvalue weighted by Crippen LogP contribution is 2.35. The molecule has 1 rings (SSSR count). The summed E-state index contributed by atoms with van der Waals surface area (Å²) >= 11 is 0. The van der Waals surface area contributed by atoms with Crippen molar-refractivity contribution in [3.8, 4) is 0 Å². The molecule has 2 heteroatoms. The highest BCUT2D eigenvalue weighted by atomic mass is 16.7. The molecule has 1 saturated carbocycles. The lowest BCUT2D eigenvalue weighted by molar-refractivity contribution is -0.0984. The molecule has 1 fully saturated rings. The molecule has 2 nitrogen and oxygen atoms in total. The van der Waals surface area contributed by atoms with Crippen LogP contribution < -0.4 is 5.48 Å². The van der Waals surface area contributed by atoms with Crippen LogP contribution in [0.2, 0.25) is 0 Å². The minimum absolute atomic E-state index is 0.0818. The van der Waals surface area contributed by atoms with E-state index in [4.69, 9.17) is 4.84 Å². The Morgan fingerprint density at radius 2 is 1.93 bits per heavy atom. The average Bonchev–Trinajstić information content (AvgIpc) is 1.98. The molecule has 1 atom stereocenters. The van der Waals surface area contributed by atoms with Crippen molar-refractivity contribution in [2.75, 3.05) is 0 Å². The molecule has 1 aliphatic rings. The fourth-order valence-electron chi connectivity index (χ4n) is 2.06. The molecule has 14 heavy (non-hydrogen) atoms. The summed E-state index contributed by atoms with van der Waals surface area (Å²) in [6, 6.07) is 0.540. The van der Waals surface area contributed by atoms with E-state index in [-0.39, 0.29) is 5.60 Å². The topological polar surface area (TPSA) is 21.3 Å². The Morgan fingerprint density at radius 1 is 1.29 bits per heavy atom. The zero-order valence-electron chi connectivity index (χ0n) is 10.3. The number of nitrogens with one attached hydrogen (secondary N) is 1. The summed E-state index contributed by atoms with van der Waals surface area (Å²) in [5, 5.41) is 0. The highest BCUT2D eigenvalue weighted by Gasteiger charge is 2.28. The van der Waals surface area contributed by atoms with Gasteiger partial charge in [-0.3, -0.25) is 4.84 Å². The van der Waals surface area contributed by atoms with Gasteiger partial charge < -0.3 is 0 Å². The predicted octanol–water partition coefficient (Wildman–Crippen LogP) is 3.27. The third-order valence-corrected chi connectivity index (χ3v) is 2.74. The van der Waals surface area contributed by atoms with Gasteiger partial charge in [0.05, 0.1) is 5.60 Å². The summed E-state index contributed by atoms with van der Waals surface area (Å²) in [6.45, 7) is 10.9. The predicted molar refractivity (Wildman–Crippen MR) is 60.0 cm³/mol. The maximum Gasteiger partial charge on any atom is 0.0813 e. The lowest BCUT2D eigenvalue weighted by atomic mass is 9.75. The van der Waals surface area contributed by atoms with E-state index in [0.717, 1.165) is 0 Å². The number of rotatable bonds is 2. The largest absolute Gasteiger partial charge is 0.296 e. The molecule has 1 N–H and O–H groups in total. The van der Waals surface area contributed by atoms with Crippen LogP contribution in [0.3, 0.4) is 0 Å². The molecule has 0 radical (unpaired) electrons. The lowest BCUT2D eigenvalue weighted by Crippen LogP contribution is -2.41. The van der Waals surface area contributed by atoms with Crippen LogP contribution in [-0.4, -0.2) is 11.6 Å². The van der Waals surface area contributed by atoms with Crippen LogP contribution in [0.15, 0.2) is 0 Å². The molecule has 0 heterocycles. The Kier molecular flexibility index (Phi) is 3.59. The van der Waals surface area contributed by atoms with Gasteiger partial charge in [-0.25, -0.2) is 0 Å². The summed E-state index contributed by atoms with van der Waals surface area (Å²) in [7, 11) is 0. The Morgan fingerprint density at radius 3 is 2.43 bits per heavy atom. The van der Waals surface area contributed by atoms with Gasteiger partial charge >= 0.3 is 0 Å². The van der Waals surface area contributed by atoms with Gasteiger partial charge in [-0.15, -0.1) is 0 Å². The first kappa shape index (κ1) is 12.0. The molecule has 0 aromatic heterocycles. The summed E-state index contributed by atoms with van der Waals surface area (Å²) in [5.74, 6) is 0. The van der Waals surface area contributed by atoms with E-state index in [0.29, 0.717) is 11.5 Å². The first-order valence-corrected chi connectivity index (χ1v) is 5.72. The molecule has 0 bridgehead atoms. The molecule has 1 aliphatic carbocycles. The van der Waals surface area contributed by atoms with Crippen LogP contribution in [0.5, 0.6) is 0 Å². The van der Waals surface area contributed by atoms with Gasteiger partial charge in [0.1, 0.15) is 0 Å². The van der Waals surface area contributed by atoms with E-state index in [1.54, 1.807) is 0 Å². The highest BCUT2D eigenvalue weighted by molar-refractivity contribution is 4.81. The maximum atomic E-state index is 5.61. The normalized spacial score (nSPS) is 27.6. The third-order valence-electron chi connectivity index (χ3n) is 2.74. The van der Waals surface area contributed by atoms with E-state index in [2.05, 4.69) is 40.1 Å². The Bertz CT molecular complexity index is 181. The Hall–Kier alpha value is -0.0800. The van der Waals surface area contributed by atoms with Crippen molar-refractivity contribution < 1.29 is 4.84 Å². The molecule has 0 aromatic carbocycles. The first-order valence-electron chi connectivity index (χ1n) is 5.72. The Labute approximate surface area is 88.4 Å². The lowest BCUT2D eigenvalue weighted by Gasteiger charge is -2.36. The van der Waals surface area contributed by atoms with Crippen molar-refractivity contribution in [3.63, 3.8) is 0 Å². The van der Waals surface area contributed by atoms with Crippen molar-refractivity contribution in [1.29, 1.82) is 0 Å². The molecule has 0 amide bonds. The minimum Gasteiger partial charge on any atom is -0.296 e. The number of hydrogen-bond donors (Lipinski definition) is 1. The number of hydrogen-bond acceptors (Lipinski definition) is 2. The summed E-state index contributed by atoms with van der Waals surface area (Å²) < 4.78 is 0. The standard InChI is InChI=1S/C12H25NO/c1-11(2,3)14-13-10-7-6-8-12(4,5)9-10/h10,13H,6-9H2,1-5H3. The van der Waals surface area contributed by atoms with Crippen LogP contribution in [0.1, 0.15) is 60.3 Å². The van der Waals surface area contributed by atoms with Crippen LogP contribution in [-0.2, 0) is 4.84 Å². The van der Waals surface area contributed by atoms with Gasteiger partial charge in [0, 0.05) is 6.04 Å². The van der Waals surface area contributed by atoms with Crippen molar-refractivity contribution in [2.24, 2.45) is 5.41 Å². The van der Waals surface area contributed by atoms with E-state index in [1.807, 2.05) is 0 Å². The van der Waals surface area contributed by atoms with Crippen LogP contribution in [0.4, 0.5) is 0 Å². The van der Waals surface area contributed by atoms with Crippen molar-refractivity contribution in [1.82, 2.24) is 5.48 Å². The molecular formula is C12H25NO. The van der Waals surface area contributed by atoms with Gasteiger partial charge in [0.15, 0.2) is 0 Å². The van der Waals surface area contributed by atoms with Gasteiger partial charge in [-0.05, 0) is 45.4 Å². The number of hydroxylamine groups is 1. The van der Waals surface area contributed by atoms with Crippen LogP contribution in [0, 0.1) is 5.41 Å². The fraction of sp³-hybridized carbons (Fsp3) is 1.00. The fourth-order valence-corrected chi connectivity index (χ4v) is 2.06. The van der Waals surface area contributed by atoms with Gasteiger partial charge in [-0.2, -0.15) is 5.48 Å². The molecule has 0 saturated heterocycles. The maximum absolute atomic E-state index is 5.61. The monoisotopic (exact) mass is 199 g/mol. The van der Waals surface area contributed by atoms with Gasteiger partial charge in [0.25, 0.3) is 0 Å². The second-order valence-corrected chi connectivity index (χ2v) is 6.29. The average molecular weight is 199 g/mol. The smallest absolute Gasteiger partial charge is 0.0813 e. The van der Waals surface area contributed by atoms with E-state index >= 15 is 0 Å². The summed E-state index contributed by atoms with van der Waals surface area (Å²) in [4.78, 5) is 5.61. The third kappa shape index (κ3) is 4.43. The SMILES string of the molecule is CC1(C)CCCC(NOC(C)(C)C)C1. The van der Waals surface area contributed by atoms with E-state index < -0.39 is 0 Å². The van der Waals surface area contributed by atoms with Crippen molar-refractivity contribution in [3.05, 3.63) is 0 Å². The molecule has 0 spiro atoms. The molecule has 1 unspecified atom stereocenters. The molecule has 0 aliphatic heterocycles. The van der Waals surface area contributed by atoms with Crippen molar-refractivity contribution >= 4 is 0 Å². The quantitative estimate of drug-likeness (QED) is 0.689. The van der Waals surface area contributed by atoms with Gasteiger partial charge in [0.2, 0.25) is 0 Å². The van der Waals surface area contributed by atoms with E-state index in [9.17, 15) is 0 Å². The second-order valence-electron chi connectivity index (χ2n) is 6.29. The summed E-state index contributed by atoms with van der Waals surface area (Å²) in [6.07, 6.45) is 5.14. The van der Waals surface area contributed by atoms with Gasteiger partial charge in [-0.1, -0.05) is 20.3 Å². The van der Waals surface area contributed by atoms with Crippen LogP contribution >= 0.6 is 0 Å². The summed E-state index contributed by atoms with van der Waals surface area (Å²) in [5.41, 5.74) is 3.62. The molecule has 84 valence electrons. The second kappa shape index (κ2) is 4.19. The first-order chi connectivity index (χ1) is 6.29. The van der Waals surface area contributed by atoms with Crippen molar-refractivity contribution in [2.45, 2.75) is 71.9 Å².